The number of rotatable bonds is 6. The van der Waals surface area contributed by atoms with Gasteiger partial charge in [0.2, 0.25) is 0 Å². The number of ether oxygens (including phenoxy) is 1. The summed E-state index contributed by atoms with van der Waals surface area (Å²) in [6.07, 6.45) is -0.912. The molecule has 3 aromatic rings. The molecule has 0 saturated carbocycles. The van der Waals surface area contributed by atoms with Crippen LogP contribution in [0.15, 0.2) is 35.1 Å². The smallest absolute Gasteiger partial charge is 0.293 e. The number of amides is 1. The van der Waals surface area contributed by atoms with Crippen LogP contribution in [0.1, 0.15) is 19.4 Å². The predicted molar refractivity (Wildman–Crippen MR) is 141 cm³/mol. The molecule has 0 spiro atoms. The summed E-state index contributed by atoms with van der Waals surface area (Å²) in [6, 6.07) is 10.6. The number of carbonyl (C=O) groups excluding carboxylic acids is 1. The summed E-state index contributed by atoms with van der Waals surface area (Å²) in [4.78, 5) is 30.8. The second kappa shape index (κ2) is 10.6. The van der Waals surface area contributed by atoms with E-state index in [1.54, 1.807) is 37.4 Å². The standard InChI is InChI=1S/C26H28ClFN6O3/c1-14-11-34(12-15(2)23(14)28)25-17(10-29)8-19(27)24(32-25)31-18-5-6-20-16(7-18)9-21(26(36)33(20)4)37-13-22(35)30-3/h5-9,14-15,23H,11-13H2,1-4H3,(H,30,35)(H,31,32). The molecule has 37 heavy (non-hydrogen) atoms. The van der Waals surface area contributed by atoms with Crippen molar-refractivity contribution >= 4 is 45.7 Å². The first-order valence-electron chi connectivity index (χ1n) is 11.9. The topological polar surface area (TPSA) is 112 Å². The molecular formula is C26H28ClFN6O3. The summed E-state index contributed by atoms with van der Waals surface area (Å²) in [5.41, 5.74) is 1.26. The van der Waals surface area contributed by atoms with Gasteiger partial charge in [-0.1, -0.05) is 25.4 Å². The Labute approximate surface area is 218 Å². The van der Waals surface area contributed by atoms with E-state index in [1.807, 2.05) is 18.7 Å². The average molecular weight is 527 g/mol. The number of hydrogen-bond donors (Lipinski definition) is 2. The molecule has 2 unspecified atom stereocenters. The van der Waals surface area contributed by atoms with E-state index in [0.29, 0.717) is 46.9 Å². The van der Waals surface area contributed by atoms with E-state index in [4.69, 9.17) is 16.3 Å². The summed E-state index contributed by atoms with van der Waals surface area (Å²) < 4.78 is 21.3. The Balaban J connectivity index is 1.68. The minimum absolute atomic E-state index is 0.0482. The third-order valence-corrected chi connectivity index (χ3v) is 6.86. The van der Waals surface area contributed by atoms with Crippen LogP contribution in [0.2, 0.25) is 5.02 Å². The molecule has 0 bridgehead atoms. The molecule has 1 fully saturated rings. The molecule has 1 aliphatic heterocycles. The lowest BCUT2D eigenvalue weighted by Crippen LogP contribution is -2.46. The summed E-state index contributed by atoms with van der Waals surface area (Å²) >= 11 is 6.47. The molecule has 11 heteroatoms. The Morgan fingerprint density at radius 3 is 2.62 bits per heavy atom. The SMILES string of the molecule is CNC(=O)COc1cc2cc(Nc3nc(N4CC(C)C(F)C(C)C4)c(C#N)cc3Cl)ccc2n(C)c1=O. The van der Waals surface area contributed by atoms with E-state index in [0.717, 1.165) is 0 Å². The number of likely N-dealkylation sites (N-methyl/N-ethyl adjacent to an activating group) is 1. The van der Waals surface area contributed by atoms with Crippen LogP contribution >= 0.6 is 11.6 Å². The van der Waals surface area contributed by atoms with Gasteiger partial charge in [0.05, 0.1) is 16.1 Å². The number of halogens is 2. The van der Waals surface area contributed by atoms with Crippen molar-refractivity contribution in [3.63, 3.8) is 0 Å². The van der Waals surface area contributed by atoms with Crippen molar-refractivity contribution in [2.75, 3.05) is 37.0 Å². The minimum atomic E-state index is -0.912. The third-order valence-electron chi connectivity index (χ3n) is 6.57. The van der Waals surface area contributed by atoms with Crippen LogP contribution in [0.25, 0.3) is 10.9 Å². The normalized spacial score (nSPS) is 19.4. The van der Waals surface area contributed by atoms with Crippen LogP contribution < -0.4 is 25.8 Å². The first-order chi connectivity index (χ1) is 17.6. The molecule has 1 aliphatic rings. The maximum atomic E-state index is 14.4. The first-order valence-corrected chi connectivity index (χ1v) is 12.2. The van der Waals surface area contributed by atoms with Crippen LogP contribution in [-0.2, 0) is 11.8 Å². The van der Waals surface area contributed by atoms with Gasteiger partial charge >= 0.3 is 0 Å². The molecule has 4 rings (SSSR count). The maximum Gasteiger partial charge on any atom is 0.293 e. The van der Waals surface area contributed by atoms with Gasteiger partial charge in [-0.15, -0.1) is 0 Å². The van der Waals surface area contributed by atoms with Crippen LogP contribution in [0.3, 0.4) is 0 Å². The number of nitriles is 1. The monoisotopic (exact) mass is 526 g/mol. The van der Waals surface area contributed by atoms with E-state index >= 15 is 0 Å². The van der Waals surface area contributed by atoms with Crippen molar-refractivity contribution in [1.29, 1.82) is 5.26 Å². The number of benzene rings is 1. The Kier molecular flexibility index (Phi) is 7.55. The van der Waals surface area contributed by atoms with Gasteiger partial charge in [0.25, 0.3) is 11.5 Å². The van der Waals surface area contributed by atoms with Crippen molar-refractivity contribution in [2.45, 2.75) is 20.0 Å². The number of nitrogens with zero attached hydrogens (tertiary/aromatic N) is 4. The number of piperidine rings is 1. The highest BCUT2D eigenvalue weighted by molar-refractivity contribution is 6.33. The zero-order valence-corrected chi connectivity index (χ0v) is 21.8. The average Bonchev–Trinajstić information content (AvgIpc) is 2.88. The lowest BCUT2D eigenvalue weighted by Gasteiger charge is -2.38. The van der Waals surface area contributed by atoms with Crippen molar-refractivity contribution in [3.8, 4) is 11.8 Å². The van der Waals surface area contributed by atoms with Crippen molar-refractivity contribution in [1.82, 2.24) is 14.9 Å². The van der Waals surface area contributed by atoms with Gasteiger partial charge in [-0.05, 0) is 30.3 Å². The lowest BCUT2D eigenvalue weighted by atomic mass is 9.89. The molecule has 1 amide bonds. The molecule has 9 nitrogen and oxygen atoms in total. The van der Waals surface area contributed by atoms with Gasteiger partial charge in [-0.25, -0.2) is 9.37 Å². The molecule has 2 atom stereocenters. The maximum absolute atomic E-state index is 14.4. The third kappa shape index (κ3) is 5.32. The van der Waals surface area contributed by atoms with Crippen LogP contribution in [0, 0.1) is 23.2 Å². The Morgan fingerprint density at radius 1 is 1.27 bits per heavy atom. The Bertz CT molecular complexity index is 1440. The molecule has 1 saturated heterocycles. The summed E-state index contributed by atoms with van der Waals surface area (Å²) in [6.45, 7) is 4.31. The number of carbonyl (C=O) groups is 1. The Hall–Kier alpha value is -3.84. The van der Waals surface area contributed by atoms with Gasteiger partial charge in [0, 0.05) is 50.1 Å². The highest BCUT2D eigenvalue weighted by atomic mass is 35.5. The van der Waals surface area contributed by atoms with Crippen LogP contribution in [0.4, 0.5) is 21.7 Å². The zero-order chi connectivity index (χ0) is 26.9. The van der Waals surface area contributed by atoms with Gasteiger partial charge in [-0.2, -0.15) is 5.26 Å². The molecule has 194 valence electrons. The molecule has 3 heterocycles. The van der Waals surface area contributed by atoms with Crippen molar-refractivity contribution < 1.29 is 13.9 Å². The summed E-state index contributed by atoms with van der Waals surface area (Å²) in [5.74, 6) is 0.0976. The lowest BCUT2D eigenvalue weighted by molar-refractivity contribution is -0.122. The molecule has 2 N–H and O–H groups in total. The highest BCUT2D eigenvalue weighted by Crippen LogP contribution is 2.34. The van der Waals surface area contributed by atoms with E-state index in [9.17, 15) is 19.2 Å². The fourth-order valence-electron chi connectivity index (χ4n) is 4.58. The first kappa shape index (κ1) is 26.2. The second-order valence-electron chi connectivity index (χ2n) is 9.34. The molecule has 0 aliphatic carbocycles. The molecule has 0 radical (unpaired) electrons. The van der Waals surface area contributed by atoms with Crippen LogP contribution in [-0.4, -0.2) is 48.4 Å². The van der Waals surface area contributed by atoms with Gasteiger partial charge < -0.3 is 24.8 Å². The largest absolute Gasteiger partial charge is 0.478 e. The van der Waals surface area contributed by atoms with Gasteiger partial charge in [-0.3, -0.25) is 9.59 Å². The molecule has 1 aromatic carbocycles. The Morgan fingerprint density at radius 2 is 1.97 bits per heavy atom. The predicted octanol–water partition coefficient (Wildman–Crippen LogP) is 3.76. The quantitative estimate of drug-likeness (QED) is 0.503. The number of aryl methyl sites for hydroxylation is 1. The number of nitrogens with one attached hydrogen (secondary N) is 2. The van der Waals surface area contributed by atoms with E-state index in [-0.39, 0.29) is 40.7 Å². The molecule has 2 aromatic heterocycles. The number of aromatic nitrogens is 2. The number of hydrogen-bond acceptors (Lipinski definition) is 7. The fraction of sp³-hybridized carbons (Fsp3) is 0.385. The molecular weight excluding hydrogens is 499 g/mol. The second-order valence-corrected chi connectivity index (χ2v) is 9.75. The van der Waals surface area contributed by atoms with Crippen molar-refractivity contribution in [3.05, 3.63) is 51.3 Å². The van der Waals surface area contributed by atoms with Crippen molar-refractivity contribution in [2.24, 2.45) is 18.9 Å². The van der Waals surface area contributed by atoms with E-state index in [2.05, 4.69) is 21.7 Å². The number of anilines is 3. The number of fused-ring (bicyclic) bond motifs is 1. The number of alkyl halides is 1. The zero-order valence-electron chi connectivity index (χ0n) is 21.0. The summed E-state index contributed by atoms with van der Waals surface area (Å²) in [5, 5.41) is 16.3. The van der Waals surface area contributed by atoms with Crippen LogP contribution in [0.5, 0.6) is 5.75 Å². The minimum Gasteiger partial charge on any atom is -0.478 e. The van der Waals surface area contributed by atoms with E-state index < -0.39 is 6.17 Å². The number of pyridine rings is 2. The highest BCUT2D eigenvalue weighted by Gasteiger charge is 2.33. The van der Waals surface area contributed by atoms with Gasteiger partial charge in [0.1, 0.15) is 18.1 Å². The fourth-order valence-corrected chi connectivity index (χ4v) is 4.78. The van der Waals surface area contributed by atoms with E-state index in [1.165, 1.54) is 11.6 Å². The summed E-state index contributed by atoms with van der Waals surface area (Å²) in [7, 11) is 3.11. The van der Waals surface area contributed by atoms with Gasteiger partial charge in [0.15, 0.2) is 18.2 Å².